The zero-order valence-electron chi connectivity index (χ0n) is 10.6. The highest BCUT2D eigenvalue weighted by Crippen LogP contribution is 2.70. The molecule has 0 aromatic rings. The highest BCUT2D eigenvalue weighted by molar-refractivity contribution is 7.90. The Hall–Kier alpha value is -0.580. The number of carbonyl (C=O) groups excluding carboxylic acids is 1. The van der Waals surface area contributed by atoms with Gasteiger partial charge in [0.25, 0.3) is 0 Å². The number of hydrogen-bond acceptors (Lipinski definition) is 3. The Bertz CT molecular complexity index is 496. The second-order valence-electron chi connectivity index (χ2n) is 6.41. The van der Waals surface area contributed by atoms with Gasteiger partial charge in [-0.05, 0) is 30.6 Å². The summed E-state index contributed by atoms with van der Waals surface area (Å²) in [7, 11) is -3.39. The van der Waals surface area contributed by atoms with Crippen LogP contribution in [0.4, 0.5) is 0 Å². The molecule has 0 aromatic carbocycles. The van der Waals surface area contributed by atoms with Crippen LogP contribution in [0, 0.1) is 16.7 Å². The number of rotatable bonds is 0. The maximum absolute atomic E-state index is 12.4. The monoisotopic (exact) mass is 257 g/mol. The maximum atomic E-state index is 12.4. The molecular formula is C12H19NO3S. The molecule has 0 aromatic heterocycles. The molecule has 2 aliphatic carbocycles. The van der Waals surface area contributed by atoms with Gasteiger partial charge in [-0.1, -0.05) is 13.8 Å². The lowest BCUT2D eigenvalue weighted by molar-refractivity contribution is -0.125. The summed E-state index contributed by atoms with van der Waals surface area (Å²) in [6, 6.07) is 0. The van der Waals surface area contributed by atoms with Crippen LogP contribution in [-0.2, 0) is 14.8 Å². The molecule has 1 saturated heterocycles. The van der Waals surface area contributed by atoms with Gasteiger partial charge in [-0.2, -0.15) is 0 Å². The van der Waals surface area contributed by atoms with E-state index in [9.17, 15) is 13.2 Å². The Balaban J connectivity index is 2.14. The molecule has 2 unspecified atom stereocenters. The van der Waals surface area contributed by atoms with Gasteiger partial charge in [0, 0.05) is 18.9 Å². The van der Waals surface area contributed by atoms with Crippen LogP contribution < -0.4 is 0 Å². The Labute approximate surface area is 102 Å². The molecule has 1 aliphatic heterocycles. The van der Waals surface area contributed by atoms with Crippen molar-refractivity contribution in [2.45, 2.75) is 45.3 Å². The summed E-state index contributed by atoms with van der Waals surface area (Å²) < 4.78 is 25.9. The molecule has 0 N–H and O–H groups in total. The molecule has 17 heavy (non-hydrogen) atoms. The van der Waals surface area contributed by atoms with Crippen LogP contribution >= 0.6 is 0 Å². The summed E-state index contributed by atoms with van der Waals surface area (Å²) >= 11 is 0. The average molecular weight is 257 g/mol. The molecule has 3 rings (SSSR count). The number of amides is 1. The zero-order valence-corrected chi connectivity index (χ0v) is 11.4. The largest absolute Gasteiger partial charge is 0.274 e. The van der Waals surface area contributed by atoms with E-state index in [-0.39, 0.29) is 22.0 Å². The topological polar surface area (TPSA) is 54.5 Å². The van der Waals surface area contributed by atoms with E-state index in [2.05, 4.69) is 13.8 Å². The summed E-state index contributed by atoms with van der Waals surface area (Å²) in [5, 5.41) is -0.312. The number of hydrogen-bond donors (Lipinski definition) is 0. The third kappa shape index (κ3) is 1.05. The van der Waals surface area contributed by atoms with E-state index in [0.717, 1.165) is 23.6 Å². The minimum Gasteiger partial charge on any atom is -0.274 e. The van der Waals surface area contributed by atoms with Crippen molar-refractivity contribution in [1.29, 1.82) is 0 Å². The molecular weight excluding hydrogens is 238 g/mol. The fourth-order valence-electron chi connectivity index (χ4n) is 4.58. The first-order chi connectivity index (χ1) is 7.73. The van der Waals surface area contributed by atoms with E-state index >= 15 is 0 Å². The molecule has 3 atom stereocenters. The second kappa shape index (κ2) is 2.87. The average Bonchev–Trinajstić information content (AvgIpc) is 2.70. The van der Waals surface area contributed by atoms with E-state index in [1.807, 2.05) is 0 Å². The zero-order chi connectivity index (χ0) is 12.6. The predicted molar refractivity (Wildman–Crippen MR) is 63.6 cm³/mol. The fraction of sp³-hybridized carbons (Fsp3) is 0.917. The quantitative estimate of drug-likeness (QED) is 0.658. The minimum absolute atomic E-state index is 0.0505. The summed E-state index contributed by atoms with van der Waals surface area (Å²) in [6.45, 7) is 6.14. The van der Waals surface area contributed by atoms with Crippen LogP contribution in [0.2, 0.25) is 0 Å². The van der Waals surface area contributed by atoms with Gasteiger partial charge in [0.1, 0.15) is 0 Å². The lowest BCUT2D eigenvalue weighted by atomic mass is 9.69. The van der Waals surface area contributed by atoms with Gasteiger partial charge in [-0.15, -0.1) is 0 Å². The van der Waals surface area contributed by atoms with Gasteiger partial charge in [0.2, 0.25) is 15.9 Å². The maximum Gasteiger partial charge on any atom is 0.240 e. The first-order valence-electron chi connectivity index (χ1n) is 6.25. The van der Waals surface area contributed by atoms with Crippen molar-refractivity contribution in [3.05, 3.63) is 0 Å². The van der Waals surface area contributed by atoms with Crippen LogP contribution in [0.5, 0.6) is 0 Å². The standard InChI is InChI=1S/C12H19NO3S/c1-8(14)13-7-12-5-4-9(11(12,2)3)6-10(12)17(13,15)16/h9-10H,4-7H2,1-3H3/t9?,10-,12?/m1/s1. The molecule has 1 amide bonds. The van der Waals surface area contributed by atoms with E-state index in [4.69, 9.17) is 0 Å². The Morgan fingerprint density at radius 3 is 2.47 bits per heavy atom. The van der Waals surface area contributed by atoms with Crippen molar-refractivity contribution in [3.63, 3.8) is 0 Å². The summed E-state index contributed by atoms with van der Waals surface area (Å²) in [4.78, 5) is 11.5. The molecule has 96 valence electrons. The van der Waals surface area contributed by atoms with E-state index in [1.54, 1.807) is 0 Å². The Morgan fingerprint density at radius 1 is 1.35 bits per heavy atom. The molecule has 4 nitrogen and oxygen atoms in total. The van der Waals surface area contributed by atoms with Crippen LogP contribution in [-0.4, -0.2) is 30.4 Å². The predicted octanol–water partition coefficient (Wildman–Crippen LogP) is 1.37. The normalized spacial score (nSPS) is 45.0. The molecule has 0 radical (unpaired) electrons. The van der Waals surface area contributed by atoms with Crippen molar-refractivity contribution < 1.29 is 13.2 Å². The van der Waals surface area contributed by atoms with Crippen molar-refractivity contribution >= 4 is 15.9 Å². The van der Waals surface area contributed by atoms with Gasteiger partial charge in [-0.25, -0.2) is 12.7 Å². The third-order valence-electron chi connectivity index (χ3n) is 5.80. The van der Waals surface area contributed by atoms with Crippen molar-refractivity contribution in [1.82, 2.24) is 4.31 Å². The van der Waals surface area contributed by atoms with E-state index in [1.165, 1.54) is 6.92 Å². The number of nitrogens with zero attached hydrogens (tertiary/aromatic N) is 1. The van der Waals surface area contributed by atoms with Crippen LogP contribution in [0.1, 0.15) is 40.0 Å². The lowest BCUT2D eigenvalue weighted by Gasteiger charge is -2.36. The Morgan fingerprint density at radius 2 is 2.00 bits per heavy atom. The van der Waals surface area contributed by atoms with Gasteiger partial charge >= 0.3 is 0 Å². The van der Waals surface area contributed by atoms with E-state index in [0.29, 0.717) is 12.5 Å². The summed E-state index contributed by atoms with van der Waals surface area (Å²) in [5.41, 5.74) is -0.128. The van der Waals surface area contributed by atoms with E-state index < -0.39 is 10.0 Å². The summed E-state index contributed by atoms with van der Waals surface area (Å²) in [5.74, 6) is 0.185. The van der Waals surface area contributed by atoms with Crippen LogP contribution in [0.25, 0.3) is 0 Å². The number of fused-ring (bicyclic) bond motifs is 1. The highest BCUT2D eigenvalue weighted by Gasteiger charge is 2.72. The molecule has 3 fully saturated rings. The smallest absolute Gasteiger partial charge is 0.240 e. The van der Waals surface area contributed by atoms with Crippen molar-refractivity contribution in [2.24, 2.45) is 16.7 Å². The molecule has 1 heterocycles. The first-order valence-corrected chi connectivity index (χ1v) is 7.76. The number of sulfonamides is 1. The van der Waals surface area contributed by atoms with Crippen molar-refractivity contribution in [3.8, 4) is 0 Å². The lowest BCUT2D eigenvalue weighted by Crippen LogP contribution is -2.39. The second-order valence-corrected chi connectivity index (χ2v) is 8.45. The van der Waals surface area contributed by atoms with Crippen LogP contribution in [0.15, 0.2) is 0 Å². The third-order valence-corrected chi connectivity index (χ3v) is 8.16. The molecule has 1 spiro atoms. The van der Waals surface area contributed by atoms with Gasteiger partial charge in [0.15, 0.2) is 0 Å². The highest BCUT2D eigenvalue weighted by atomic mass is 32.2. The Kier molecular flexibility index (Phi) is 1.94. The molecule has 3 aliphatic rings. The van der Waals surface area contributed by atoms with Crippen LogP contribution in [0.3, 0.4) is 0 Å². The molecule has 5 heteroatoms. The number of carbonyl (C=O) groups is 1. The van der Waals surface area contributed by atoms with Crippen molar-refractivity contribution in [2.75, 3.05) is 6.54 Å². The van der Waals surface area contributed by atoms with Gasteiger partial charge in [-0.3, -0.25) is 4.79 Å². The fourth-order valence-corrected chi connectivity index (χ4v) is 7.19. The minimum atomic E-state index is -3.39. The summed E-state index contributed by atoms with van der Waals surface area (Å²) in [6.07, 6.45) is 2.82. The van der Waals surface area contributed by atoms with Gasteiger partial charge in [0.05, 0.1) is 5.25 Å². The SMILES string of the molecule is CC(=O)N1CC23CCC(C[C@H]2S1(=O)=O)C3(C)C. The van der Waals surface area contributed by atoms with Gasteiger partial charge < -0.3 is 0 Å². The molecule has 2 bridgehead atoms. The molecule has 2 saturated carbocycles. The first kappa shape index (κ1) is 11.5.